The molecule has 0 aliphatic carbocycles. The summed E-state index contributed by atoms with van der Waals surface area (Å²) in [7, 11) is 0. The fourth-order valence-corrected chi connectivity index (χ4v) is 1.70. The Morgan fingerprint density at radius 3 is 2.64 bits per heavy atom. The van der Waals surface area contributed by atoms with E-state index in [1.54, 1.807) is 6.92 Å². The molecule has 0 bridgehead atoms. The third kappa shape index (κ3) is 4.51. The summed E-state index contributed by atoms with van der Waals surface area (Å²) in [5.41, 5.74) is 6.39. The minimum absolute atomic E-state index is 0. The van der Waals surface area contributed by atoms with Gasteiger partial charge in [-0.25, -0.2) is 0 Å². The summed E-state index contributed by atoms with van der Waals surface area (Å²) in [6, 6.07) is 9.01. The number of benzene rings is 1. The normalized spacial score (nSPS) is 13.0. The predicted molar refractivity (Wildman–Crippen MR) is 86.4 cm³/mol. The zero-order chi connectivity index (χ0) is 15.2. The standard InChI is InChI=1S/C14H20N6O.ClH/c1-10(8-15)9-16-14(21)11(2)20-18-13(17-19-20)12-6-4-3-5-7-12;/h3-7,10-11H,8-9,15H2,1-2H3,(H,16,21);1H. The van der Waals surface area contributed by atoms with E-state index >= 15 is 0 Å². The summed E-state index contributed by atoms with van der Waals surface area (Å²) in [6.45, 7) is 4.79. The largest absolute Gasteiger partial charge is 0.354 e. The Morgan fingerprint density at radius 2 is 2.00 bits per heavy atom. The first kappa shape index (κ1) is 18.1. The van der Waals surface area contributed by atoms with Crippen molar-refractivity contribution in [3.05, 3.63) is 30.3 Å². The molecule has 120 valence electrons. The fraction of sp³-hybridized carbons (Fsp3) is 0.429. The van der Waals surface area contributed by atoms with Gasteiger partial charge in [-0.15, -0.1) is 22.6 Å². The van der Waals surface area contributed by atoms with Crippen LogP contribution < -0.4 is 11.1 Å². The number of aromatic nitrogens is 4. The molecule has 2 aromatic rings. The molecule has 0 fully saturated rings. The van der Waals surface area contributed by atoms with Gasteiger partial charge >= 0.3 is 0 Å². The highest BCUT2D eigenvalue weighted by atomic mass is 35.5. The van der Waals surface area contributed by atoms with E-state index in [4.69, 9.17) is 5.73 Å². The van der Waals surface area contributed by atoms with Crippen LogP contribution in [0.4, 0.5) is 0 Å². The number of halogens is 1. The van der Waals surface area contributed by atoms with Crippen LogP contribution in [0.2, 0.25) is 0 Å². The second-order valence-electron chi connectivity index (χ2n) is 5.06. The molecule has 0 spiro atoms. The predicted octanol–water partition coefficient (Wildman–Crippen LogP) is 1.03. The molecule has 0 saturated carbocycles. The lowest BCUT2D eigenvalue weighted by Gasteiger charge is -2.13. The average Bonchev–Trinajstić information content (AvgIpc) is 3.02. The molecule has 0 aliphatic rings. The SMILES string of the molecule is CC(CN)CNC(=O)C(C)n1nnc(-c2ccccc2)n1.Cl. The summed E-state index contributed by atoms with van der Waals surface area (Å²) in [5, 5.41) is 15.0. The van der Waals surface area contributed by atoms with Crippen molar-refractivity contribution < 1.29 is 4.79 Å². The van der Waals surface area contributed by atoms with Gasteiger partial charge in [0.05, 0.1) is 0 Å². The number of carbonyl (C=O) groups excluding carboxylic acids is 1. The van der Waals surface area contributed by atoms with Crippen molar-refractivity contribution in [2.45, 2.75) is 19.9 Å². The summed E-state index contributed by atoms with van der Waals surface area (Å²) < 4.78 is 0. The summed E-state index contributed by atoms with van der Waals surface area (Å²) in [6.07, 6.45) is 0. The lowest BCUT2D eigenvalue weighted by Crippen LogP contribution is -2.36. The van der Waals surface area contributed by atoms with Gasteiger partial charge in [0.25, 0.3) is 0 Å². The zero-order valence-electron chi connectivity index (χ0n) is 12.6. The third-order valence-corrected chi connectivity index (χ3v) is 3.21. The Balaban J connectivity index is 0.00000242. The number of rotatable bonds is 6. The number of nitrogens with one attached hydrogen (secondary N) is 1. The van der Waals surface area contributed by atoms with Crippen LogP contribution in [0, 0.1) is 5.92 Å². The monoisotopic (exact) mass is 324 g/mol. The molecule has 0 radical (unpaired) electrons. The molecular weight excluding hydrogens is 304 g/mol. The summed E-state index contributed by atoms with van der Waals surface area (Å²) in [4.78, 5) is 13.4. The van der Waals surface area contributed by atoms with Gasteiger partial charge in [-0.1, -0.05) is 37.3 Å². The smallest absolute Gasteiger partial charge is 0.246 e. The number of nitrogens with two attached hydrogens (primary N) is 1. The van der Waals surface area contributed by atoms with Crippen molar-refractivity contribution in [2.75, 3.05) is 13.1 Å². The second-order valence-corrected chi connectivity index (χ2v) is 5.06. The van der Waals surface area contributed by atoms with Crippen LogP contribution in [0.5, 0.6) is 0 Å². The van der Waals surface area contributed by atoms with Crippen molar-refractivity contribution >= 4 is 18.3 Å². The molecule has 1 heterocycles. The van der Waals surface area contributed by atoms with Gasteiger partial charge in [-0.2, -0.15) is 4.80 Å². The molecule has 0 saturated heterocycles. The summed E-state index contributed by atoms with van der Waals surface area (Å²) in [5.74, 6) is 0.600. The Hall–Kier alpha value is -1.99. The maximum Gasteiger partial charge on any atom is 0.246 e. The molecule has 8 heteroatoms. The fourth-order valence-electron chi connectivity index (χ4n) is 1.70. The number of amides is 1. The molecule has 3 N–H and O–H groups in total. The van der Waals surface area contributed by atoms with E-state index in [-0.39, 0.29) is 24.2 Å². The van der Waals surface area contributed by atoms with Crippen LogP contribution in [0.3, 0.4) is 0 Å². The highest BCUT2D eigenvalue weighted by Gasteiger charge is 2.18. The van der Waals surface area contributed by atoms with Crippen molar-refractivity contribution in [1.29, 1.82) is 0 Å². The molecule has 1 aromatic carbocycles. The lowest BCUT2D eigenvalue weighted by molar-refractivity contribution is -0.124. The van der Waals surface area contributed by atoms with Crippen LogP contribution in [0.15, 0.2) is 30.3 Å². The maximum absolute atomic E-state index is 12.0. The highest BCUT2D eigenvalue weighted by molar-refractivity contribution is 5.85. The molecule has 2 atom stereocenters. The number of hydrogen-bond acceptors (Lipinski definition) is 5. The van der Waals surface area contributed by atoms with Gasteiger partial charge in [0.1, 0.15) is 6.04 Å². The van der Waals surface area contributed by atoms with Crippen LogP contribution in [0.1, 0.15) is 19.9 Å². The summed E-state index contributed by atoms with van der Waals surface area (Å²) >= 11 is 0. The molecule has 1 aromatic heterocycles. The van der Waals surface area contributed by atoms with Gasteiger partial charge < -0.3 is 11.1 Å². The maximum atomic E-state index is 12.0. The Kier molecular flexibility index (Phi) is 6.94. The van der Waals surface area contributed by atoms with Crippen molar-refractivity contribution in [3.63, 3.8) is 0 Å². The van der Waals surface area contributed by atoms with Gasteiger partial charge in [-0.3, -0.25) is 4.79 Å². The van der Waals surface area contributed by atoms with Gasteiger partial charge in [0, 0.05) is 12.1 Å². The Labute approximate surface area is 135 Å². The Bertz CT molecular complexity index is 588. The van der Waals surface area contributed by atoms with Crippen molar-refractivity contribution in [3.8, 4) is 11.4 Å². The molecule has 7 nitrogen and oxygen atoms in total. The highest BCUT2D eigenvalue weighted by Crippen LogP contribution is 2.13. The number of tetrazole rings is 1. The second kappa shape index (κ2) is 8.45. The van der Waals surface area contributed by atoms with Crippen molar-refractivity contribution in [2.24, 2.45) is 11.7 Å². The minimum Gasteiger partial charge on any atom is -0.354 e. The van der Waals surface area contributed by atoms with Crippen LogP contribution in [0.25, 0.3) is 11.4 Å². The molecule has 22 heavy (non-hydrogen) atoms. The van der Waals surface area contributed by atoms with E-state index < -0.39 is 6.04 Å². The molecule has 1 amide bonds. The van der Waals surface area contributed by atoms with E-state index in [2.05, 4.69) is 20.7 Å². The van der Waals surface area contributed by atoms with E-state index in [0.717, 1.165) is 5.56 Å². The quantitative estimate of drug-likeness (QED) is 0.827. The average molecular weight is 325 g/mol. The van der Waals surface area contributed by atoms with Crippen LogP contribution >= 0.6 is 12.4 Å². The van der Waals surface area contributed by atoms with E-state index in [9.17, 15) is 4.79 Å². The lowest BCUT2D eigenvalue weighted by atomic mass is 10.2. The topological polar surface area (TPSA) is 98.7 Å². The molecule has 2 unspecified atom stereocenters. The van der Waals surface area contributed by atoms with Crippen LogP contribution in [-0.4, -0.2) is 39.2 Å². The number of carbonyl (C=O) groups is 1. The van der Waals surface area contributed by atoms with Gasteiger partial charge in [0.2, 0.25) is 11.7 Å². The third-order valence-electron chi connectivity index (χ3n) is 3.21. The molecule has 0 aliphatic heterocycles. The first-order chi connectivity index (χ1) is 10.1. The van der Waals surface area contributed by atoms with Crippen molar-refractivity contribution in [1.82, 2.24) is 25.5 Å². The van der Waals surface area contributed by atoms with E-state index in [1.807, 2.05) is 37.3 Å². The zero-order valence-corrected chi connectivity index (χ0v) is 13.5. The van der Waals surface area contributed by atoms with Gasteiger partial charge in [-0.05, 0) is 24.6 Å². The minimum atomic E-state index is -0.514. The van der Waals surface area contributed by atoms with Crippen LogP contribution in [-0.2, 0) is 4.79 Å². The molecular formula is C14H21ClN6O. The Morgan fingerprint density at radius 1 is 1.32 bits per heavy atom. The first-order valence-corrected chi connectivity index (χ1v) is 6.94. The van der Waals surface area contributed by atoms with E-state index in [1.165, 1.54) is 4.80 Å². The number of hydrogen-bond donors (Lipinski definition) is 2. The first-order valence-electron chi connectivity index (χ1n) is 6.94. The van der Waals surface area contributed by atoms with E-state index in [0.29, 0.717) is 18.9 Å². The number of nitrogens with zero attached hydrogens (tertiary/aromatic N) is 4. The van der Waals surface area contributed by atoms with Gasteiger partial charge in [0.15, 0.2) is 0 Å². The molecule has 2 rings (SSSR count).